The summed E-state index contributed by atoms with van der Waals surface area (Å²) < 4.78 is 56.8. The Balaban J connectivity index is 1.87. The third kappa shape index (κ3) is 6.61. The van der Waals surface area contributed by atoms with Gasteiger partial charge in [0.2, 0.25) is 0 Å². The van der Waals surface area contributed by atoms with Crippen molar-refractivity contribution in [3.63, 3.8) is 0 Å². The number of aryl methyl sites for hydroxylation is 1. The molecule has 0 fully saturated rings. The van der Waals surface area contributed by atoms with E-state index in [0.717, 1.165) is 30.6 Å². The first-order valence-electron chi connectivity index (χ1n) is 9.52. The number of rotatable bonds is 8. The van der Waals surface area contributed by atoms with Gasteiger partial charge in [-0.3, -0.25) is 24.3 Å². The SMILES string of the molecule is Cc1ncc(OP(=O)(O)O)c(/C=N/NC(=O)c2ccc(F)cc2NS(=O)(=O)c2ccccc2)c1O. The molecule has 0 aliphatic carbocycles. The summed E-state index contributed by atoms with van der Waals surface area (Å²) in [6, 6.07) is 9.98. The number of aromatic nitrogens is 1. The number of hydrazone groups is 1. The molecule has 0 saturated carbocycles. The van der Waals surface area contributed by atoms with E-state index in [1.165, 1.54) is 31.2 Å². The van der Waals surface area contributed by atoms with E-state index in [-0.39, 0.29) is 27.4 Å². The van der Waals surface area contributed by atoms with E-state index in [0.29, 0.717) is 0 Å². The van der Waals surface area contributed by atoms with Crippen molar-refractivity contribution < 1.29 is 41.6 Å². The van der Waals surface area contributed by atoms with Crippen LogP contribution in [0.3, 0.4) is 0 Å². The van der Waals surface area contributed by atoms with Gasteiger partial charge in [0.15, 0.2) is 5.75 Å². The molecule has 2 aromatic carbocycles. The lowest BCUT2D eigenvalue weighted by atomic mass is 10.1. The van der Waals surface area contributed by atoms with E-state index in [9.17, 15) is 27.3 Å². The van der Waals surface area contributed by atoms with Crippen LogP contribution in [0.25, 0.3) is 0 Å². The van der Waals surface area contributed by atoms with Gasteiger partial charge in [-0.05, 0) is 37.3 Å². The summed E-state index contributed by atoms with van der Waals surface area (Å²) in [7, 11) is -9.15. The highest BCUT2D eigenvalue weighted by Crippen LogP contribution is 2.40. The number of phosphoric ester groups is 1. The molecular weight excluding hydrogens is 506 g/mol. The summed E-state index contributed by atoms with van der Waals surface area (Å²) in [4.78, 5) is 34.3. The Bertz CT molecular complexity index is 1440. The maximum absolute atomic E-state index is 13.8. The van der Waals surface area contributed by atoms with Crippen molar-refractivity contribution in [1.82, 2.24) is 10.4 Å². The Morgan fingerprint density at radius 1 is 1.20 bits per heavy atom. The smallest absolute Gasteiger partial charge is 0.505 e. The zero-order chi connectivity index (χ0) is 25.8. The van der Waals surface area contributed by atoms with Gasteiger partial charge in [0.25, 0.3) is 15.9 Å². The van der Waals surface area contributed by atoms with Crippen LogP contribution in [0, 0.1) is 12.7 Å². The molecule has 35 heavy (non-hydrogen) atoms. The number of aromatic hydroxyl groups is 1. The molecule has 0 aliphatic heterocycles. The van der Waals surface area contributed by atoms with Crippen LogP contribution in [0.15, 0.2) is 64.7 Å². The predicted molar refractivity (Wildman–Crippen MR) is 122 cm³/mol. The largest absolute Gasteiger partial charge is 0.524 e. The van der Waals surface area contributed by atoms with E-state index in [4.69, 9.17) is 9.79 Å². The minimum atomic E-state index is -5.01. The minimum absolute atomic E-state index is 0.0759. The molecular formula is C20H18FN4O8PS. The fourth-order valence-electron chi connectivity index (χ4n) is 2.74. The number of pyridine rings is 1. The van der Waals surface area contributed by atoms with Gasteiger partial charge in [-0.25, -0.2) is 22.8 Å². The molecule has 3 rings (SSSR count). The van der Waals surface area contributed by atoms with Crippen LogP contribution < -0.4 is 14.7 Å². The molecule has 3 aromatic rings. The van der Waals surface area contributed by atoms with Gasteiger partial charge < -0.3 is 9.63 Å². The van der Waals surface area contributed by atoms with Gasteiger partial charge >= 0.3 is 7.82 Å². The minimum Gasteiger partial charge on any atom is -0.505 e. The van der Waals surface area contributed by atoms with Crippen LogP contribution in [0.2, 0.25) is 0 Å². The number of phosphoric acid groups is 1. The third-order valence-corrected chi connectivity index (χ3v) is 6.16. The molecule has 0 radical (unpaired) electrons. The molecule has 0 aliphatic rings. The molecule has 0 bridgehead atoms. The maximum atomic E-state index is 13.8. The molecule has 1 aromatic heterocycles. The van der Waals surface area contributed by atoms with E-state index in [1.807, 2.05) is 0 Å². The lowest BCUT2D eigenvalue weighted by molar-refractivity contribution is 0.0956. The monoisotopic (exact) mass is 524 g/mol. The average Bonchev–Trinajstić information content (AvgIpc) is 2.77. The highest BCUT2D eigenvalue weighted by molar-refractivity contribution is 7.92. The van der Waals surface area contributed by atoms with Crippen molar-refractivity contribution in [3.8, 4) is 11.5 Å². The van der Waals surface area contributed by atoms with Gasteiger partial charge in [-0.1, -0.05) is 18.2 Å². The number of sulfonamides is 1. The lowest BCUT2D eigenvalue weighted by Crippen LogP contribution is -2.21. The first-order chi connectivity index (χ1) is 16.4. The number of carbonyl (C=O) groups is 1. The molecule has 0 unspecified atom stereocenters. The summed E-state index contributed by atoms with van der Waals surface area (Å²) >= 11 is 0. The van der Waals surface area contributed by atoms with Gasteiger partial charge in [0.05, 0.1) is 39.8 Å². The number of nitrogens with one attached hydrogen (secondary N) is 2. The van der Waals surface area contributed by atoms with Crippen LogP contribution >= 0.6 is 7.82 Å². The van der Waals surface area contributed by atoms with Crippen molar-refractivity contribution >= 4 is 35.7 Å². The maximum Gasteiger partial charge on any atom is 0.524 e. The molecule has 1 amide bonds. The van der Waals surface area contributed by atoms with E-state index in [2.05, 4.69) is 24.8 Å². The number of benzene rings is 2. The van der Waals surface area contributed by atoms with Crippen LogP contribution in [0.4, 0.5) is 10.1 Å². The number of nitrogens with zero attached hydrogens (tertiary/aromatic N) is 2. The number of anilines is 1. The molecule has 184 valence electrons. The standard InChI is InChI=1S/C20H18FN4O8PS/c1-12-19(26)16(18(11-22-12)33-34(28,29)30)10-23-24-20(27)15-8-7-13(21)9-17(15)25-35(31,32)14-5-3-2-4-6-14/h2-11,25-26H,1H3,(H,24,27)(H2,28,29,30)/b23-10+. The number of carbonyl (C=O) groups excluding carboxylic acids is 1. The average molecular weight is 524 g/mol. The Morgan fingerprint density at radius 3 is 2.54 bits per heavy atom. The first-order valence-corrected chi connectivity index (χ1v) is 12.5. The normalized spacial score (nSPS) is 11.9. The Labute approximate surface area is 198 Å². The van der Waals surface area contributed by atoms with Crippen LogP contribution in [0.1, 0.15) is 21.6 Å². The van der Waals surface area contributed by atoms with Gasteiger partial charge in [0.1, 0.15) is 11.6 Å². The van der Waals surface area contributed by atoms with E-state index in [1.54, 1.807) is 6.07 Å². The zero-order valence-corrected chi connectivity index (χ0v) is 19.5. The Hall–Kier alpha value is -3.84. The molecule has 0 saturated heterocycles. The summed E-state index contributed by atoms with van der Waals surface area (Å²) in [5.41, 5.74) is 1.18. The van der Waals surface area contributed by atoms with Crippen LogP contribution in [0.5, 0.6) is 11.5 Å². The van der Waals surface area contributed by atoms with Gasteiger partial charge in [-0.15, -0.1) is 0 Å². The van der Waals surface area contributed by atoms with Crippen LogP contribution in [-0.4, -0.2) is 40.4 Å². The Kier molecular flexibility index (Phi) is 7.51. The highest BCUT2D eigenvalue weighted by Gasteiger charge is 2.22. The predicted octanol–water partition coefficient (Wildman–Crippen LogP) is 2.27. The second-order valence-corrected chi connectivity index (χ2v) is 9.71. The molecule has 15 heteroatoms. The van der Waals surface area contributed by atoms with Crippen LogP contribution in [-0.2, 0) is 14.6 Å². The molecule has 5 N–H and O–H groups in total. The summed E-state index contributed by atoms with van der Waals surface area (Å²) in [6.07, 6.45) is 1.78. The van der Waals surface area contributed by atoms with Gasteiger partial charge in [0, 0.05) is 0 Å². The fourth-order valence-corrected chi connectivity index (χ4v) is 4.23. The summed E-state index contributed by atoms with van der Waals surface area (Å²) in [6.45, 7) is 1.40. The number of hydrogen-bond acceptors (Lipinski definition) is 8. The third-order valence-electron chi connectivity index (χ3n) is 4.34. The van der Waals surface area contributed by atoms with Crippen molar-refractivity contribution in [1.29, 1.82) is 0 Å². The molecule has 1 heterocycles. The zero-order valence-electron chi connectivity index (χ0n) is 17.8. The van der Waals surface area contributed by atoms with E-state index < -0.39 is 41.1 Å². The molecule has 0 spiro atoms. The second kappa shape index (κ2) is 10.2. The Morgan fingerprint density at radius 2 is 1.89 bits per heavy atom. The van der Waals surface area contributed by atoms with Crippen molar-refractivity contribution in [2.45, 2.75) is 11.8 Å². The highest BCUT2D eigenvalue weighted by atomic mass is 32.2. The topological polar surface area (TPSA) is 188 Å². The molecule has 0 atom stereocenters. The van der Waals surface area contributed by atoms with Crippen molar-refractivity contribution in [2.75, 3.05) is 4.72 Å². The second-order valence-electron chi connectivity index (χ2n) is 6.86. The summed E-state index contributed by atoms with van der Waals surface area (Å²) in [5, 5.41) is 13.8. The van der Waals surface area contributed by atoms with Crippen molar-refractivity contribution in [2.24, 2.45) is 5.10 Å². The van der Waals surface area contributed by atoms with Crippen molar-refractivity contribution in [3.05, 3.63) is 77.4 Å². The summed E-state index contributed by atoms with van der Waals surface area (Å²) in [5.74, 6) is -2.81. The number of hydrogen-bond donors (Lipinski definition) is 5. The lowest BCUT2D eigenvalue weighted by Gasteiger charge is -2.12. The quantitative estimate of drug-likeness (QED) is 0.167. The van der Waals surface area contributed by atoms with Gasteiger partial charge in [-0.2, -0.15) is 5.10 Å². The molecule has 12 nitrogen and oxygen atoms in total. The number of amides is 1. The number of halogens is 1. The van der Waals surface area contributed by atoms with E-state index >= 15 is 0 Å². The fraction of sp³-hybridized carbons (Fsp3) is 0.0500. The first kappa shape index (κ1) is 25.8.